The second-order valence-corrected chi connectivity index (χ2v) is 8.95. The highest BCUT2D eigenvalue weighted by atomic mass is 16.1. The Morgan fingerprint density at radius 1 is 1.05 bits per heavy atom. The second kappa shape index (κ2) is 4.55. The molecule has 22 heavy (non-hydrogen) atoms. The molecule has 0 heterocycles. The largest absolute Gasteiger partial charge is 0.299 e. The molecule has 3 fully saturated rings. The van der Waals surface area contributed by atoms with Crippen LogP contribution >= 0.6 is 0 Å². The van der Waals surface area contributed by atoms with Gasteiger partial charge in [0.25, 0.3) is 0 Å². The summed E-state index contributed by atoms with van der Waals surface area (Å²) in [5, 5.41) is 0. The van der Waals surface area contributed by atoms with E-state index in [1.807, 2.05) is 6.08 Å². The molecule has 0 aromatic carbocycles. The predicted octanol–water partition coefficient (Wildman–Crippen LogP) is 4.33. The number of hydrogen-bond acceptors (Lipinski definition) is 2. The molecule has 0 aromatic rings. The van der Waals surface area contributed by atoms with Crippen molar-refractivity contribution in [3.63, 3.8) is 0 Å². The molecule has 2 heteroatoms. The standard InChI is InChI=1S/C20H28O2/c1-12-10-17(22)20(3)9-7-16-15(18(12)20)5-4-13-11-14(21)6-8-19(13,16)2/h11-12,15-16,18H,4-10H2,1-3H3/t12-,15?,16?,18?,19+,20-/m1/s1. The maximum Gasteiger partial charge on any atom is 0.155 e. The number of Topliss-reactive ketones (excluding diaryl/α,β-unsaturated/α-hetero) is 1. The van der Waals surface area contributed by atoms with Gasteiger partial charge in [-0.3, -0.25) is 9.59 Å². The molecule has 0 spiro atoms. The lowest BCUT2D eigenvalue weighted by molar-refractivity contribution is -0.133. The molecule has 3 unspecified atom stereocenters. The molecule has 120 valence electrons. The summed E-state index contributed by atoms with van der Waals surface area (Å²) < 4.78 is 0. The maximum atomic E-state index is 12.6. The van der Waals surface area contributed by atoms with Crippen LogP contribution in [-0.2, 0) is 9.59 Å². The molecule has 0 radical (unpaired) electrons. The zero-order valence-corrected chi connectivity index (χ0v) is 14.2. The summed E-state index contributed by atoms with van der Waals surface area (Å²) >= 11 is 0. The fourth-order valence-corrected chi connectivity index (χ4v) is 6.84. The minimum absolute atomic E-state index is 0.0529. The van der Waals surface area contributed by atoms with Crippen LogP contribution in [0.2, 0.25) is 0 Å². The normalized spacial score (nSPS) is 51.0. The Morgan fingerprint density at radius 3 is 2.59 bits per heavy atom. The van der Waals surface area contributed by atoms with Crippen molar-refractivity contribution in [2.24, 2.45) is 34.5 Å². The third-order valence-corrected chi connectivity index (χ3v) is 7.97. The lowest BCUT2D eigenvalue weighted by atomic mass is 9.47. The van der Waals surface area contributed by atoms with Crippen molar-refractivity contribution in [2.75, 3.05) is 0 Å². The van der Waals surface area contributed by atoms with Crippen LogP contribution in [0, 0.1) is 34.5 Å². The van der Waals surface area contributed by atoms with Crippen LogP contribution in [-0.4, -0.2) is 11.6 Å². The fourth-order valence-electron chi connectivity index (χ4n) is 6.84. The monoisotopic (exact) mass is 300 g/mol. The van der Waals surface area contributed by atoms with Gasteiger partial charge in [0.05, 0.1) is 0 Å². The van der Waals surface area contributed by atoms with Crippen molar-refractivity contribution < 1.29 is 9.59 Å². The lowest BCUT2D eigenvalue weighted by Crippen LogP contribution is -2.51. The Balaban J connectivity index is 1.73. The van der Waals surface area contributed by atoms with E-state index in [1.165, 1.54) is 18.4 Å². The van der Waals surface area contributed by atoms with Crippen LogP contribution in [0.4, 0.5) is 0 Å². The van der Waals surface area contributed by atoms with Crippen molar-refractivity contribution in [3.8, 4) is 0 Å². The first-order chi connectivity index (χ1) is 10.4. The minimum atomic E-state index is -0.0529. The molecule has 0 saturated heterocycles. The molecule has 0 N–H and O–H groups in total. The molecule has 4 rings (SSSR count). The Bertz CT molecular complexity index is 574. The highest BCUT2D eigenvalue weighted by Crippen LogP contribution is 2.65. The predicted molar refractivity (Wildman–Crippen MR) is 86.3 cm³/mol. The summed E-state index contributed by atoms with van der Waals surface area (Å²) in [5.74, 6) is 3.35. The summed E-state index contributed by atoms with van der Waals surface area (Å²) in [6, 6.07) is 0. The van der Waals surface area contributed by atoms with E-state index in [-0.39, 0.29) is 10.8 Å². The number of carbonyl (C=O) groups excluding carboxylic acids is 2. The van der Waals surface area contributed by atoms with E-state index in [0.29, 0.717) is 35.2 Å². The number of allylic oxidation sites excluding steroid dienone is 1. The van der Waals surface area contributed by atoms with Crippen molar-refractivity contribution >= 4 is 11.6 Å². The summed E-state index contributed by atoms with van der Waals surface area (Å²) in [4.78, 5) is 24.4. The fraction of sp³-hybridized carbons (Fsp3) is 0.800. The Hall–Kier alpha value is -0.920. The molecule has 6 atom stereocenters. The van der Waals surface area contributed by atoms with Gasteiger partial charge in [-0.15, -0.1) is 0 Å². The number of hydrogen-bond donors (Lipinski definition) is 0. The SMILES string of the molecule is C[C@@H]1CC(=O)[C@@]2(C)CCC3C(CCC4=CC(=O)CC[C@@]43C)C12. The van der Waals surface area contributed by atoms with Crippen molar-refractivity contribution in [3.05, 3.63) is 11.6 Å². The molecule has 4 aliphatic carbocycles. The molecular weight excluding hydrogens is 272 g/mol. The molecule has 0 aromatic heterocycles. The van der Waals surface area contributed by atoms with E-state index in [1.54, 1.807) is 0 Å². The first-order valence-corrected chi connectivity index (χ1v) is 9.13. The van der Waals surface area contributed by atoms with Gasteiger partial charge in [-0.05, 0) is 67.3 Å². The van der Waals surface area contributed by atoms with Gasteiger partial charge in [0.1, 0.15) is 5.78 Å². The van der Waals surface area contributed by atoms with Crippen LogP contribution in [0.1, 0.15) is 65.7 Å². The minimum Gasteiger partial charge on any atom is -0.299 e. The first kappa shape index (κ1) is 14.7. The van der Waals surface area contributed by atoms with Gasteiger partial charge in [0.15, 0.2) is 5.78 Å². The van der Waals surface area contributed by atoms with Gasteiger partial charge >= 0.3 is 0 Å². The quantitative estimate of drug-likeness (QED) is 0.667. The number of carbonyl (C=O) groups is 2. The average molecular weight is 300 g/mol. The van der Waals surface area contributed by atoms with Crippen LogP contribution in [0.5, 0.6) is 0 Å². The third kappa shape index (κ3) is 1.73. The summed E-state index contributed by atoms with van der Waals surface area (Å²) in [7, 11) is 0. The van der Waals surface area contributed by atoms with E-state index < -0.39 is 0 Å². The van der Waals surface area contributed by atoms with Gasteiger partial charge in [-0.25, -0.2) is 0 Å². The topological polar surface area (TPSA) is 34.1 Å². The second-order valence-electron chi connectivity index (χ2n) is 8.95. The summed E-state index contributed by atoms with van der Waals surface area (Å²) in [6.07, 6.45) is 9.04. The van der Waals surface area contributed by atoms with Crippen LogP contribution in [0.25, 0.3) is 0 Å². The number of ketones is 2. The molecule has 0 bridgehead atoms. The van der Waals surface area contributed by atoms with E-state index in [4.69, 9.17) is 0 Å². The van der Waals surface area contributed by atoms with Gasteiger partial charge in [-0.1, -0.05) is 26.3 Å². The number of rotatable bonds is 0. The number of fused-ring (bicyclic) bond motifs is 5. The van der Waals surface area contributed by atoms with Crippen LogP contribution in [0.3, 0.4) is 0 Å². The molecule has 3 saturated carbocycles. The first-order valence-electron chi connectivity index (χ1n) is 9.13. The van der Waals surface area contributed by atoms with Gasteiger partial charge in [-0.2, -0.15) is 0 Å². The smallest absolute Gasteiger partial charge is 0.155 e. The Morgan fingerprint density at radius 2 is 1.82 bits per heavy atom. The summed E-state index contributed by atoms with van der Waals surface area (Å²) in [5.41, 5.74) is 1.59. The lowest BCUT2D eigenvalue weighted by Gasteiger charge is -2.57. The van der Waals surface area contributed by atoms with Crippen molar-refractivity contribution in [1.29, 1.82) is 0 Å². The van der Waals surface area contributed by atoms with E-state index in [2.05, 4.69) is 20.8 Å². The van der Waals surface area contributed by atoms with Gasteiger partial charge < -0.3 is 0 Å². The summed E-state index contributed by atoms with van der Waals surface area (Å²) in [6.45, 7) is 6.96. The molecular formula is C20H28O2. The Kier molecular flexibility index (Phi) is 3.03. The highest BCUT2D eigenvalue weighted by Gasteiger charge is 2.60. The van der Waals surface area contributed by atoms with Gasteiger partial charge in [0, 0.05) is 18.3 Å². The third-order valence-electron chi connectivity index (χ3n) is 7.97. The van der Waals surface area contributed by atoms with Crippen molar-refractivity contribution in [2.45, 2.75) is 65.7 Å². The van der Waals surface area contributed by atoms with E-state index in [0.717, 1.165) is 32.1 Å². The zero-order valence-electron chi connectivity index (χ0n) is 14.2. The van der Waals surface area contributed by atoms with Crippen molar-refractivity contribution in [1.82, 2.24) is 0 Å². The van der Waals surface area contributed by atoms with Gasteiger partial charge in [0.2, 0.25) is 0 Å². The van der Waals surface area contributed by atoms with Crippen LogP contribution < -0.4 is 0 Å². The maximum absolute atomic E-state index is 12.6. The molecule has 0 aliphatic heterocycles. The molecule has 0 amide bonds. The Labute approximate surface area is 133 Å². The molecule has 2 nitrogen and oxygen atoms in total. The highest BCUT2D eigenvalue weighted by molar-refractivity contribution is 5.91. The molecule has 4 aliphatic rings. The average Bonchev–Trinajstić information content (AvgIpc) is 2.70. The van der Waals surface area contributed by atoms with E-state index in [9.17, 15) is 9.59 Å². The van der Waals surface area contributed by atoms with E-state index >= 15 is 0 Å². The van der Waals surface area contributed by atoms with Crippen LogP contribution in [0.15, 0.2) is 11.6 Å². The zero-order chi connectivity index (χ0) is 15.7.